The van der Waals surface area contributed by atoms with E-state index in [1.165, 1.54) is 19.3 Å². The molecule has 1 aromatic carbocycles. The van der Waals surface area contributed by atoms with Crippen LogP contribution in [0.5, 0.6) is 17.2 Å². The van der Waals surface area contributed by atoms with E-state index in [1.807, 2.05) is 19.2 Å². The fraction of sp³-hybridized carbons (Fsp3) is 0.600. The molecule has 19 heavy (non-hydrogen) atoms. The fourth-order valence-corrected chi connectivity index (χ4v) is 2.77. The van der Waals surface area contributed by atoms with Gasteiger partial charge >= 0.3 is 0 Å². The molecule has 1 aliphatic carbocycles. The lowest BCUT2D eigenvalue weighted by molar-refractivity contribution is 0.152. The van der Waals surface area contributed by atoms with Crippen molar-refractivity contribution in [2.24, 2.45) is 0 Å². The van der Waals surface area contributed by atoms with Gasteiger partial charge in [-0.05, 0) is 38.8 Å². The lowest BCUT2D eigenvalue weighted by Crippen LogP contribution is -2.20. The Morgan fingerprint density at radius 2 is 1.89 bits per heavy atom. The van der Waals surface area contributed by atoms with Gasteiger partial charge in [-0.15, -0.1) is 0 Å². The molecule has 3 rings (SSSR count). The van der Waals surface area contributed by atoms with Gasteiger partial charge in [0.1, 0.15) is 5.75 Å². The van der Waals surface area contributed by atoms with Crippen LogP contribution in [0.3, 0.4) is 0 Å². The lowest BCUT2D eigenvalue weighted by Gasteiger charge is -2.24. The molecule has 0 unspecified atom stereocenters. The van der Waals surface area contributed by atoms with Crippen molar-refractivity contribution in [2.45, 2.75) is 44.8 Å². The summed E-state index contributed by atoms with van der Waals surface area (Å²) < 4.78 is 17.1. The van der Waals surface area contributed by atoms with E-state index in [9.17, 15) is 0 Å². The Morgan fingerprint density at radius 3 is 2.63 bits per heavy atom. The molecule has 2 aliphatic rings. The Kier molecular flexibility index (Phi) is 3.78. The van der Waals surface area contributed by atoms with Gasteiger partial charge < -0.3 is 19.5 Å². The van der Waals surface area contributed by atoms with Crippen LogP contribution in [-0.4, -0.2) is 19.9 Å². The summed E-state index contributed by atoms with van der Waals surface area (Å²) in [6.45, 7) is 1.08. The van der Waals surface area contributed by atoms with Gasteiger partial charge in [-0.1, -0.05) is 6.42 Å². The molecule has 0 aromatic heterocycles. The topological polar surface area (TPSA) is 39.7 Å². The van der Waals surface area contributed by atoms with Crippen LogP contribution in [0.2, 0.25) is 0 Å². The van der Waals surface area contributed by atoms with Crippen LogP contribution >= 0.6 is 0 Å². The SMILES string of the molecule is CNCc1cc2c(cc1OC1CCCCC1)OCO2. The van der Waals surface area contributed by atoms with E-state index in [1.54, 1.807) is 0 Å². The highest BCUT2D eigenvalue weighted by molar-refractivity contribution is 5.51. The Labute approximate surface area is 114 Å². The Bertz CT molecular complexity index is 441. The van der Waals surface area contributed by atoms with Crippen LogP contribution < -0.4 is 19.5 Å². The zero-order valence-electron chi connectivity index (χ0n) is 11.4. The lowest BCUT2D eigenvalue weighted by atomic mass is 9.97. The summed E-state index contributed by atoms with van der Waals surface area (Å²) in [6.07, 6.45) is 6.56. The molecule has 1 saturated carbocycles. The number of nitrogens with one attached hydrogen (secondary N) is 1. The molecule has 1 N–H and O–H groups in total. The Hall–Kier alpha value is -1.42. The summed E-state index contributed by atoms with van der Waals surface area (Å²) in [5, 5.41) is 3.18. The first-order valence-electron chi connectivity index (χ1n) is 7.10. The standard InChI is InChI=1S/C15H21NO3/c1-16-9-11-7-14-15(18-10-17-14)8-13(11)19-12-5-3-2-4-6-12/h7-8,12,16H,2-6,9-10H2,1H3. The molecule has 0 bridgehead atoms. The monoisotopic (exact) mass is 263 g/mol. The van der Waals surface area contributed by atoms with Crippen molar-refractivity contribution in [1.82, 2.24) is 5.32 Å². The number of benzene rings is 1. The summed E-state index contributed by atoms with van der Waals surface area (Å²) >= 11 is 0. The number of ether oxygens (including phenoxy) is 3. The minimum Gasteiger partial charge on any atom is -0.490 e. The number of hydrogen-bond donors (Lipinski definition) is 1. The molecule has 1 heterocycles. The van der Waals surface area contributed by atoms with E-state index in [0.717, 1.165) is 42.2 Å². The van der Waals surface area contributed by atoms with Gasteiger partial charge in [-0.2, -0.15) is 0 Å². The normalized spacial score (nSPS) is 18.6. The second-order valence-electron chi connectivity index (χ2n) is 5.22. The third-order valence-electron chi connectivity index (χ3n) is 3.77. The third-order valence-corrected chi connectivity index (χ3v) is 3.77. The molecule has 0 atom stereocenters. The zero-order chi connectivity index (χ0) is 13.1. The minimum absolute atomic E-state index is 0.307. The van der Waals surface area contributed by atoms with E-state index in [0.29, 0.717) is 12.9 Å². The average Bonchev–Trinajstić information content (AvgIpc) is 2.88. The highest BCUT2D eigenvalue weighted by Gasteiger charge is 2.21. The molecule has 1 aromatic rings. The molecule has 0 saturated heterocycles. The molecule has 104 valence electrons. The van der Waals surface area contributed by atoms with Crippen LogP contribution in [0.4, 0.5) is 0 Å². The van der Waals surface area contributed by atoms with E-state index >= 15 is 0 Å². The molecule has 0 radical (unpaired) electrons. The van der Waals surface area contributed by atoms with E-state index in [-0.39, 0.29) is 0 Å². The second kappa shape index (κ2) is 5.70. The highest BCUT2D eigenvalue weighted by atomic mass is 16.7. The first-order valence-corrected chi connectivity index (χ1v) is 7.10. The van der Waals surface area contributed by atoms with Crippen molar-refractivity contribution in [2.75, 3.05) is 13.8 Å². The molecule has 1 aliphatic heterocycles. The van der Waals surface area contributed by atoms with Crippen LogP contribution in [0, 0.1) is 0 Å². The van der Waals surface area contributed by atoms with E-state index in [2.05, 4.69) is 5.32 Å². The fourth-order valence-electron chi connectivity index (χ4n) is 2.77. The highest BCUT2D eigenvalue weighted by Crippen LogP contribution is 2.39. The van der Waals surface area contributed by atoms with Gasteiger partial charge in [0.2, 0.25) is 6.79 Å². The molecule has 0 amide bonds. The maximum absolute atomic E-state index is 6.19. The second-order valence-corrected chi connectivity index (χ2v) is 5.22. The van der Waals surface area contributed by atoms with E-state index in [4.69, 9.17) is 14.2 Å². The van der Waals surface area contributed by atoms with Gasteiger partial charge in [0.15, 0.2) is 11.5 Å². The Balaban J connectivity index is 1.81. The molecule has 1 fully saturated rings. The van der Waals surface area contributed by atoms with Crippen molar-refractivity contribution >= 4 is 0 Å². The first-order chi connectivity index (χ1) is 9.36. The summed E-state index contributed by atoms with van der Waals surface area (Å²) in [6, 6.07) is 4.00. The summed E-state index contributed by atoms with van der Waals surface area (Å²) in [4.78, 5) is 0. The zero-order valence-corrected chi connectivity index (χ0v) is 11.4. The van der Waals surface area contributed by atoms with Crippen LogP contribution in [0.15, 0.2) is 12.1 Å². The van der Waals surface area contributed by atoms with Gasteiger partial charge in [-0.25, -0.2) is 0 Å². The van der Waals surface area contributed by atoms with Crippen LogP contribution in [-0.2, 0) is 6.54 Å². The largest absolute Gasteiger partial charge is 0.490 e. The predicted octanol–water partition coefficient (Wildman–Crippen LogP) is 2.85. The molecule has 0 spiro atoms. The maximum Gasteiger partial charge on any atom is 0.231 e. The minimum atomic E-state index is 0.307. The maximum atomic E-state index is 6.19. The van der Waals surface area contributed by atoms with Crippen LogP contribution in [0.25, 0.3) is 0 Å². The van der Waals surface area contributed by atoms with Crippen molar-refractivity contribution in [3.63, 3.8) is 0 Å². The van der Waals surface area contributed by atoms with Gasteiger partial charge in [0.05, 0.1) is 6.10 Å². The molecule has 4 heteroatoms. The molecule has 4 nitrogen and oxygen atoms in total. The van der Waals surface area contributed by atoms with Crippen molar-refractivity contribution in [1.29, 1.82) is 0 Å². The smallest absolute Gasteiger partial charge is 0.231 e. The summed E-state index contributed by atoms with van der Waals surface area (Å²) in [7, 11) is 1.94. The first kappa shape index (κ1) is 12.6. The van der Waals surface area contributed by atoms with Gasteiger partial charge in [0.25, 0.3) is 0 Å². The summed E-state index contributed by atoms with van der Waals surface area (Å²) in [5.41, 5.74) is 1.14. The quantitative estimate of drug-likeness (QED) is 0.906. The predicted molar refractivity (Wildman–Crippen MR) is 72.8 cm³/mol. The van der Waals surface area contributed by atoms with Crippen molar-refractivity contribution < 1.29 is 14.2 Å². The molecular weight excluding hydrogens is 242 g/mol. The Morgan fingerprint density at radius 1 is 1.16 bits per heavy atom. The van der Waals surface area contributed by atoms with Crippen molar-refractivity contribution in [3.8, 4) is 17.2 Å². The van der Waals surface area contributed by atoms with Crippen molar-refractivity contribution in [3.05, 3.63) is 17.7 Å². The van der Waals surface area contributed by atoms with Crippen LogP contribution in [0.1, 0.15) is 37.7 Å². The number of rotatable bonds is 4. The average molecular weight is 263 g/mol. The summed E-state index contributed by atoms with van der Waals surface area (Å²) in [5.74, 6) is 2.55. The third kappa shape index (κ3) is 2.78. The van der Waals surface area contributed by atoms with E-state index < -0.39 is 0 Å². The van der Waals surface area contributed by atoms with Gasteiger partial charge in [-0.3, -0.25) is 0 Å². The molecular formula is C15H21NO3. The number of hydrogen-bond acceptors (Lipinski definition) is 4. The number of fused-ring (bicyclic) bond motifs is 1. The van der Waals surface area contributed by atoms with Gasteiger partial charge in [0, 0.05) is 18.2 Å².